The van der Waals surface area contributed by atoms with Gasteiger partial charge in [0.15, 0.2) is 11.6 Å². The van der Waals surface area contributed by atoms with Crippen LogP contribution in [-0.4, -0.2) is 33.1 Å². The molecule has 5 rings (SSSR count). The quantitative estimate of drug-likeness (QED) is 0.197. The van der Waals surface area contributed by atoms with Gasteiger partial charge in [0.1, 0.15) is 17.3 Å². The van der Waals surface area contributed by atoms with Crippen LogP contribution in [0.2, 0.25) is 0 Å². The predicted octanol–water partition coefficient (Wildman–Crippen LogP) is 6.43. The number of nitrogens with zero attached hydrogens (tertiary/aromatic N) is 4. The molecule has 3 aromatic carbocycles. The number of para-hydroxylation sites is 1. The number of nitriles is 1. The number of benzene rings is 3. The smallest absolute Gasteiger partial charge is 0.272 e. The van der Waals surface area contributed by atoms with E-state index in [1.54, 1.807) is 49.9 Å². The summed E-state index contributed by atoms with van der Waals surface area (Å²) in [6.07, 6.45) is 3.35. The first kappa shape index (κ1) is 27.3. The lowest BCUT2D eigenvalue weighted by Gasteiger charge is -2.32. The summed E-state index contributed by atoms with van der Waals surface area (Å²) in [6.45, 7) is 5.43. The summed E-state index contributed by atoms with van der Waals surface area (Å²) < 4.78 is 21.9. The Bertz CT molecular complexity index is 1730. The van der Waals surface area contributed by atoms with Gasteiger partial charge in [0.05, 0.1) is 18.3 Å². The number of carbonyl (C=O) groups excluding carboxylic acids is 2. The number of rotatable bonds is 7. The first-order valence-corrected chi connectivity index (χ1v) is 13.2. The van der Waals surface area contributed by atoms with Crippen molar-refractivity contribution in [3.05, 3.63) is 119 Å². The molecule has 0 saturated carbocycles. The first-order valence-electron chi connectivity index (χ1n) is 13.2. The minimum atomic E-state index is -0.641. The molecule has 2 heterocycles. The summed E-state index contributed by atoms with van der Waals surface area (Å²) in [7, 11) is 0. The highest BCUT2D eigenvalue weighted by Crippen LogP contribution is 2.35. The molecule has 8 heteroatoms. The molecule has 0 N–H and O–H groups in total. The molecule has 0 spiro atoms. The summed E-state index contributed by atoms with van der Waals surface area (Å²) in [5, 5.41) is 14.6. The molecule has 0 saturated heterocycles. The minimum absolute atomic E-state index is 0.109. The van der Waals surface area contributed by atoms with Crippen LogP contribution in [0.1, 0.15) is 37.9 Å². The molecule has 204 valence electrons. The predicted molar refractivity (Wildman–Crippen MR) is 153 cm³/mol. The molecule has 7 nitrogen and oxygen atoms in total. The Morgan fingerprint density at radius 2 is 1.71 bits per heavy atom. The van der Waals surface area contributed by atoms with E-state index >= 15 is 0 Å². The van der Waals surface area contributed by atoms with Gasteiger partial charge in [-0.2, -0.15) is 10.4 Å². The Labute approximate surface area is 237 Å². The topological polar surface area (TPSA) is 88.2 Å². The van der Waals surface area contributed by atoms with Crippen LogP contribution in [0.4, 0.5) is 4.39 Å². The second kappa shape index (κ2) is 11.4. The van der Waals surface area contributed by atoms with Crippen LogP contribution in [0.3, 0.4) is 0 Å². The lowest BCUT2D eigenvalue weighted by atomic mass is 9.91. The van der Waals surface area contributed by atoms with Gasteiger partial charge in [-0.1, -0.05) is 48.5 Å². The van der Waals surface area contributed by atoms with Crippen molar-refractivity contribution in [1.82, 2.24) is 14.7 Å². The van der Waals surface area contributed by atoms with Crippen molar-refractivity contribution in [2.75, 3.05) is 6.61 Å². The van der Waals surface area contributed by atoms with E-state index in [0.717, 1.165) is 16.2 Å². The molecular formula is C33H27FN4O3. The normalized spacial score (nSPS) is 15.3. The van der Waals surface area contributed by atoms with Crippen molar-refractivity contribution < 1.29 is 18.7 Å². The molecule has 1 aliphatic rings. The van der Waals surface area contributed by atoms with Crippen LogP contribution >= 0.6 is 0 Å². The Balaban J connectivity index is 1.68. The molecule has 41 heavy (non-hydrogen) atoms. The summed E-state index contributed by atoms with van der Waals surface area (Å²) in [6, 6.07) is 24.5. The summed E-state index contributed by atoms with van der Waals surface area (Å²) in [5.41, 5.74) is 3.28. The zero-order chi connectivity index (χ0) is 29.1. The van der Waals surface area contributed by atoms with Gasteiger partial charge in [0.25, 0.3) is 11.8 Å². The fraction of sp³-hybridized carbons (Fsp3) is 0.152. The molecule has 1 atom stereocenters. The third-order valence-electron chi connectivity index (χ3n) is 7.01. The Kier molecular flexibility index (Phi) is 7.61. The molecule has 0 radical (unpaired) electrons. The number of carbonyl (C=O) groups is 2. The monoisotopic (exact) mass is 546 g/mol. The SMILES string of the molecule is CCOc1ccc(-c2nn(-c3ccccc3)cc2/C=C2/C(=O)N(C(C)c3ccccc3)C(=O)C(C#N)=C2C)cc1F. The molecule has 1 unspecified atom stereocenters. The van der Waals surface area contributed by atoms with E-state index in [-0.39, 0.29) is 22.5 Å². The van der Waals surface area contributed by atoms with Crippen molar-refractivity contribution in [1.29, 1.82) is 5.26 Å². The fourth-order valence-electron chi connectivity index (χ4n) is 4.84. The van der Waals surface area contributed by atoms with Crippen LogP contribution in [-0.2, 0) is 9.59 Å². The van der Waals surface area contributed by atoms with E-state index in [4.69, 9.17) is 9.84 Å². The third-order valence-corrected chi connectivity index (χ3v) is 7.01. The van der Waals surface area contributed by atoms with Crippen LogP contribution in [0.15, 0.2) is 102 Å². The van der Waals surface area contributed by atoms with Crippen LogP contribution in [0, 0.1) is 17.1 Å². The van der Waals surface area contributed by atoms with Gasteiger partial charge in [-0.3, -0.25) is 14.5 Å². The van der Waals surface area contributed by atoms with Crippen molar-refractivity contribution >= 4 is 17.9 Å². The van der Waals surface area contributed by atoms with E-state index in [1.807, 2.05) is 66.7 Å². The highest BCUT2D eigenvalue weighted by atomic mass is 19.1. The van der Waals surface area contributed by atoms with E-state index in [1.165, 1.54) is 6.07 Å². The summed E-state index contributed by atoms with van der Waals surface area (Å²) >= 11 is 0. The van der Waals surface area contributed by atoms with Crippen molar-refractivity contribution in [3.63, 3.8) is 0 Å². The zero-order valence-corrected chi connectivity index (χ0v) is 22.8. The maximum atomic E-state index is 14.9. The Morgan fingerprint density at radius 1 is 1.02 bits per heavy atom. The Hall–Kier alpha value is -5.29. The molecule has 0 bridgehead atoms. The number of hydrogen-bond donors (Lipinski definition) is 0. The largest absolute Gasteiger partial charge is 0.491 e. The summed E-state index contributed by atoms with van der Waals surface area (Å²) in [4.78, 5) is 28.3. The van der Waals surface area contributed by atoms with Gasteiger partial charge >= 0.3 is 0 Å². The third kappa shape index (κ3) is 5.18. The maximum Gasteiger partial charge on any atom is 0.272 e. The van der Waals surface area contributed by atoms with Gasteiger partial charge in [-0.15, -0.1) is 0 Å². The van der Waals surface area contributed by atoms with E-state index in [0.29, 0.717) is 23.4 Å². The number of amides is 2. The van der Waals surface area contributed by atoms with E-state index in [2.05, 4.69) is 0 Å². The maximum absolute atomic E-state index is 14.9. The van der Waals surface area contributed by atoms with Gasteiger partial charge < -0.3 is 4.74 Å². The van der Waals surface area contributed by atoms with Crippen LogP contribution in [0.5, 0.6) is 5.75 Å². The highest BCUT2D eigenvalue weighted by molar-refractivity contribution is 6.20. The minimum Gasteiger partial charge on any atom is -0.491 e. The number of imide groups is 1. The second-order valence-electron chi connectivity index (χ2n) is 9.53. The van der Waals surface area contributed by atoms with Crippen molar-refractivity contribution in [2.24, 2.45) is 0 Å². The average molecular weight is 547 g/mol. The molecule has 4 aromatic rings. The van der Waals surface area contributed by atoms with Crippen molar-refractivity contribution in [3.8, 4) is 28.8 Å². The molecule has 0 aliphatic carbocycles. The Morgan fingerprint density at radius 3 is 2.34 bits per heavy atom. The zero-order valence-electron chi connectivity index (χ0n) is 22.8. The lowest BCUT2D eigenvalue weighted by molar-refractivity contribution is -0.143. The average Bonchev–Trinajstić information content (AvgIpc) is 3.41. The number of halogens is 1. The molecule has 0 fully saturated rings. The molecular weight excluding hydrogens is 519 g/mol. The van der Waals surface area contributed by atoms with Gasteiger partial charge in [-0.05, 0) is 68.3 Å². The van der Waals surface area contributed by atoms with E-state index in [9.17, 15) is 19.2 Å². The van der Waals surface area contributed by atoms with Crippen LogP contribution < -0.4 is 4.74 Å². The van der Waals surface area contributed by atoms with Crippen LogP contribution in [0.25, 0.3) is 23.0 Å². The van der Waals surface area contributed by atoms with Crippen molar-refractivity contribution in [2.45, 2.75) is 26.8 Å². The van der Waals surface area contributed by atoms with E-state index < -0.39 is 23.7 Å². The summed E-state index contributed by atoms with van der Waals surface area (Å²) in [5.74, 6) is -1.58. The highest BCUT2D eigenvalue weighted by Gasteiger charge is 2.39. The molecule has 1 aliphatic heterocycles. The molecule has 1 aromatic heterocycles. The number of hydrogen-bond acceptors (Lipinski definition) is 5. The second-order valence-corrected chi connectivity index (χ2v) is 9.53. The molecule has 2 amide bonds. The lowest BCUT2D eigenvalue weighted by Crippen LogP contribution is -2.44. The van der Waals surface area contributed by atoms with Gasteiger partial charge in [0, 0.05) is 22.9 Å². The standard InChI is InChI=1S/C33H27FN4O3/c1-4-41-30-16-15-24(18-29(30)34)31-25(20-37(36-31)26-13-9-6-10-14-26)17-27-21(2)28(19-35)33(40)38(32(27)39)22(3)23-11-7-5-8-12-23/h5-18,20,22H,4H2,1-3H3/b27-17+. The van der Waals surface area contributed by atoms with Gasteiger partial charge in [-0.25, -0.2) is 9.07 Å². The number of ether oxygens (including phenoxy) is 1. The number of aromatic nitrogens is 2. The fourth-order valence-corrected chi connectivity index (χ4v) is 4.84. The van der Waals surface area contributed by atoms with Gasteiger partial charge in [0.2, 0.25) is 0 Å². The first-order chi connectivity index (χ1) is 19.8.